The van der Waals surface area contributed by atoms with Crippen molar-refractivity contribution in [2.45, 2.75) is 39.7 Å². The number of rotatable bonds is 8. The lowest BCUT2D eigenvalue weighted by Gasteiger charge is -2.19. The molecule has 0 saturated heterocycles. The van der Waals surface area contributed by atoms with E-state index in [1.807, 2.05) is 50.3 Å². The van der Waals surface area contributed by atoms with Crippen molar-refractivity contribution < 1.29 is 28.9 Å². The summed E-state index contributed by atoms with van der Waals surface area (Å²) >= 11 is 5.49. The Kier molecular flexibility index (Phi) is 7.07. The van der Waals surface area contributed by atoms with Gasteiger partial charge in [0.05, 0.1) is 7.11 Å². The van der Waals surface area contributed by atoms with Crippen LogP contribution in [-0.2, 0) is 22.6 Å². The van der Waals surface area contributed by atoms with E-state index in [-0.39, 0.29) is 18.1 Å². The average Bonchev–Trinajstić information content (AvgIpc) is 3.15. The fourth-order valence-corrected chi connectivity index (χ4v) is 3.75. The van der Waals surface area contributed by atoms with Crippen LogP contribution in [0.1, 0.15) is 52.4 Å². The molecule has 0 bridgehead atoms. The van der Waals surface area contributed by atoms with Gasteiger partial charge in [-0.2, -0.15) is 0 Å². The molecular formula is C24H24O6S. The van der Waals surface area contributed by atoms with Gasteiger partial charge in [0, 0.05) is 23.1 Å². The minimum Gasteiger partial charge on any atom is -0.496 e. The molecule has 0 spiro atoms. The fourth-order valence-electron chi connectivity index (χ4n) is 3.53. The van der Waals surface area contributed by atoms with Gasteiger partial charge < -0.3 is 19.3 Å². The maximum Gasteiger partial charge on any atom is 0.342 e. The van der Waals surface area contributed by atoms with Gasteiger partial charge in [0.1, 0.15) is 17.9 Å². The number of allylic oxidation sites excluding steroid dienone is 2. The van der Waals surface area contributed by atoms with Crippen molar-refractivity contribution in [1.82, 2.24) is 0 Å². The van der Waals surface area contributed by atoms with Crippen molar-refractivity contribution >= 4 is 29.2 Å². The third-order valence-electron chi connectivity index (χ3n) is 5.22. The molecule has 1 aliphatic rings. The lowest BCUT2D eigenvalue weighted by Crippen LogP contribution is -2.13. The highest BCUT2D eigenvalue weighted by Crippen LogP contribution is 2.43. The quantitative estimate of drug-likeness (QED) is 0.359. The van der Waals surface area contributed by atoms with E-state index in [0.29, 0.717) is 35.5 Å². The number of thiocarbonyl (C=S) groups is 1. The standard InChI is InChI=1S/C24H24O6S/c1-14(10-12-19(25)26)9-11-17-21(28-3)15(2)18-13-29-23(27)20(18)22(17)30-24(31)16-7-5-4-6-8-16/h4-9H,10-13H2,1-3H3,(H,25,26)/b14-9+. The SMILES string of the molecule is COc1c(C)c2c(c(OC(=S)c3ccccc3)c1C/C=C(\C)CCC(=O)O)C(=O)OC2. The first-order valence-electron chi connectivity index (χ1n) is 9.87. The van der Waals surface area contributed by atoms with E-state index in [9.17, 15) is 9.59 Å². The molecule has 0 saturated carbocycles. The Balaban J connectivity index is 2.07. The van der Waals surface area contributed by atoms with E-state index in [1.54, 1.807) is 7.11 Å². The van der Waals surface area contributed by atoms with E-state index in [4.69, 9.17) is 31.5 Å². The summed E-state index contributed by atoms with van der Waals surface area (Å²) in [7, 11) is 1.57. The van der Waals surface area contributed by atoms with Crippen LogP contribution in [0.4, 0.5) is 0 Å². The second kappa shape index (κ2) is 9.75. The molecule has 0 aliphatic carbocycles. The number of benzene rings is 2. The van der Waals surface area contributed by atoms with Crippen LogP contribution in [0.3, 0.4) is 0 Å². The number of methoxy groups -OCH3 is 1. The summed E-state index contributed by atoms with van der Waals surface area (Å²) in [5, 5.41) is 9.16. The molecule has 0 aromatic heterocycles. The molecule has 1 aliphatic heterocycles. The number of cyclic esters (lactones) is 1. The van der Waals surface area contributed by atoms with Crippen LogP contribution < -0.4 is 9.47 Å². The van der Waals surface area contributed by atoms with Gasteiger partial charge >= 0.3 is 11.9 Å². The average molecular weight is 441 g/mol. The van der Waals surface area contributed by atoms with Crippen LogP contribution in [-0.4, -0.2) is 29.2 Å². The van der Waals surface area contributed by atoms with E-state index in [1.165, 1.54) is 0 Å². The molecule has 6 nitrogen and oxygen atoms in total. The summed E-state index contributed by atoms with van der Waals surface area (Å²) in [6.07, 6.45) is 2.80. The third-order valence-corrected chi connectivity index (χ3v) is 5.54. The number of hydrogen-bond acceptors (Lipinski definition) is 6. The summed E-state index contributed by atoms with van der Waals surface area (Å²) in [4.78, 5) is 23.4. The van der Waals surface area contributed by atoms with Crippen molar-refractivity contribution in [3.8, 4) is 11.5 Å². The van der Waals surface area contributed by atoms with Crippen LogP contribution in [0.15, 0.2) is 42.0 Å². The Morgan fingerprint density at radius 1 is 1.23 bits per heavy atom. The first-order valence-corrected chi connectivity index (χ1v) is 10.3. The Morgan fingerprint density at radius 2 is 1.94 bits per heavy atom. The van der Waals surface area contributed by atoms with Crippen molar-refractivity contribution in [3.05, 3.63) is 69.8 Å². The van der Waals surface area contributed by atoms with Gasteiger partial charge in [-0.05, 0) is 44.5 Å². The second-order valence-electron chi connectivity index (χ2n) is 7.30. The van der Waals surface area contributed by atoms with Crippen LogP contribution in [0, 0.1) is 6.92 Å². The van der Waals surface area contributed by atoms with Gasteiger partial charge in [0.25, 0.3) is 0 Å². The maximum atomic E-state index is 12.6. The Hall–Kier alpha value is -3.19. The zero-order chi connectivity index (χ0) is 22.5. The topological polar surface area (TPSA) is 82.1 Å². The zero-order valence-corrected chi connectivity index (χ0v) is 18.5. The van der Waals surface area contributed by atoms with Crippen LogP contribution in [0.25, 0.3) is 0 Å². The first kappa shape index (κ1) is 22.5. The molecule has 0 atom stereocenters. The molecule has 2 aromatic carbocycles. The van der Waals surface area contributed by atoms with Crippen LogP contribution in [0.2, 0.25) is 0 Å². The number of carbonyl (C=O) groups excluding carboxylic acids is 1. The summed E-state index contributed by atoms with van der Waals surface area (Å²) < 4.78 is 17.1. The van der Waals surface area contributed by atoms with Crippen LogP contribution >= 0.6 is 12.2 Å². The summed E-state index contributed by atoms with van der Waals surface area (Å²) in [5.41, 5.74) is 4.21. The first-order chi connectivity index (χ1) is 14.8. The van der Waals surface area contributed by atoms with Gasteiger partial charge in [0.15, 0.2) is 10.8 Å². The molecule has 7 heteroatoms. The number of carboxylic acids is 1. The van der Waals surface area contributed by atoms with Gasteiger partial charge in [0.2, 0.25) is 0 Å². The van der Waals surface area contributed by atoms with Crippen molar-refractivity contribution in [2.75, 3.05) is 7.11 Å². The Labute approximate surface area is 186 Å². The normalized spacial score (nSPS) is 12.9. The predicted molar refractivity (Wildman–Crippen MR) is 120 cm³/mol. The third kappa shape index (κ3) is 4.94. The number of esters is 1. The number of carbonyl (C=O) groups is 2. The molecular weight excluding hydrogens is 416 g/mol. The number of aliphatic carboxylic acids is 1. The Morgan fingerprint density at radius 3 is 2.58 bits per heavy atom. The highest BCUT2D eigenvalue weighted by molar-refractivity contribution is 7.80. The second-order valence-corrected chi connectivity index (χ2v) is 7.67. The fraction of sp³-hybridized carbons (Fsp3) is 0.292. The van der Waals surface area contributed by atoms with E-state index in [0.717, 1.165) is 22.3 Å². The largest absolute Gasteiger partial charge is 0.496 e. The minimum absolute atomic E-state index is 0.0520. The van der Waals surface area contributed by atoms with Gasteiger partial charge in [-0.25, -0.2) is 4.79 Å². The number of fused-ring (bicyclic) bond motifs is 1. The molecule has 0 amide bonds. The molecule has 1 heterocycles. The molecule has 0 radical (unpaired) electrons. The minimum atomic E-state index is -0.848. The molecule has 31 heavy (non-hydrogen) atoms. The molecule has 2 aromatic rings. The smallest absolute Gasteiger partial charge is 0.342 e. The Bertz CT molecular complexity index is 1060. The number of ether oxygens (including phenoxy) is 3. The lowest BCUT2D eigenvalue weighted by atomic mass is 9.94. The highest BCUT2D eigenvalue weighted by Gasteiger charge is 2.33. The summed E-state index contributed by atoms with van der Waals surface area (Å²) in [6, 6.07) is 9.26. The predicted octanol–water partition coefficient (Wildman–Crippen LogP) is 4.78. The summed E-state index contributed by atoms with van der Waals surface area (Å²) in [5.74, 6) is -0.376. The molecule has 1 N–H and O–H groups in total. The lowest BCUT2D eigenvalue weighted by molar-refractivity contribution is -0.136. The van der Waals surface area contributed by atoms with Crippen molar-refractivity contribution in [3.63, 3.8) is 0 Å². The number of hydrogen-bond donors (Lipinski definition) is 1. The number of carboxylic acid groups (broad SMARTS) is 1. The maximum absolute atomic E-state index is 12.6. The van der Waals surface area contributed by atoms with E-state index >= 15 is 0 Å². The van der Waals surface area contributed by atoms with Gasteiger partial charge in [-0.1, -0.05) is 42.0 Å². The van der Waals surface area contributed by atoms with E-state index < -0.39 is 11.9 Å². The monoisotopic (exact) mass is 440 g/mol. The molecule has 0 fully saturated rings. The van der Waals surface area contributed by atoms with Crippen molar-refractivity contribution in [2.24, 2.45) is 0 Å². The van der Waals surface area contributed by atoms with Gasteiger partial charge in [-0.15, -0.1) is 0 Å². The zero-order valence-electron chi connectivity index (χ0n) is 17.7. The highest BCUT2D eigenvalue weighted by atomic mass is 32.1. The van der Waals surface area contributed by atoms with E-state index in [2.05, 4.69) is 0 Å². The molecule has 0 unspecified atom stereocenters. The molecule has 3 rings (SSSR count). The van der Waals surface area contributed by atoms with Crippen molar-refractivity contribution in [1.29, 1.82) is 0 Å². The van der Waals surface area contributed by atoms with Gasteiger partial charge in [-0.3, -0.25) is 4.79 Å². The van der Waals surface area contributed by atoms with Crippen LogP contribution in [0.5, 0.6) is 11.5 Å². The molecule has 162 valence electrons. The summed E-state index contributed by atoms with van der Waals surface area (Å²) in [6.45, 7) is 3.90.